The molecule has 0 aromatic heterocycles. The van der Waals surface area contributed by atoms with Crippen molar-refractivity contribution in [1.82, 2.24) is 10.2 Å². The number of ether oxygens (including phenoxy) is 1. The van der Waals surface area contributed by atoms with Crippen LogP contribution in [-0.2, 0) is 16.1 Å². The second-order valence-corrected chi connectivity index (χ2v) is 5.38. The molecule has 1 rings (SSSR count). The van der Waals surface area contributed by atoms with Crippen LogP contribution in [0.15, 0.2) is 23.1 Å². The Labute approximate surface area is 128 Å². The summed E-state index contributed by atoms with van der Waals surface area (Å²) in [6.45, 7) is 0.355. The summed E-state index contributed by atoms with van der Waals surface area (Å²) in [7, 11) is 3.43. The lowest BCUT2D eigenvalue weighted by Crippen LogP contribution is -2.37. The molecule has 0 aliphatic carbocycles. The number of carboxylic acid groups (broad SMARTS) is 1. The van der Waals surface area contributed by atoms with Gasteiger partial charge in [0.05, 0.1) is 13.7 Å². The van der Waals surface area contributed by atoms with E-state index < -0.39 is 5.97 Å². The molecule has 0 unspecified atom stereocenters. The number of carbonyl (C=O) groups excluding carboxylic acids is 1. The van der Waals surface area contributed by atoms with Crippen LogP contribution in [0.25, 0.3) is 0 Å². The van der Waals surface area contributed by atoms with Gasteiger partial charge in [-0.2, -0.15) is 0 Å². The van der Waals surface area contributed by atoms with Crippen molar-refractivity contribution in [2.24, 2.45) is 0 Å². The predicted octanol–water partition coefficient (Wildman–Crippen LogP) is 1.05. The normalized spacial score (nSPS) is 10.5. The third-order valence-electron chi connectivity index (χ3n) is 2.75. The summed E-state index contributed by atoms with van der Waals surface area (Å²) in [4.78, 5) is 24.8. The molecule has 0 aliphatic rings. The second-order valence-electron chi connectivity index (χ2n) is 4.53. The van der Waals surface area contributed by atoms with Crippen molar-refractivity contribution in [3.05, 3.63) is 23.8 Å². The van der Waals surface area contributed by atoms with E-state index >= 15 is 0 Å². The van der Waals surface area contributed by atoms with Gasteiger partial charge in [0.25, 0.3) is 0 Å². The molecule has 2 N–H and O–H groups in total. The van der Waals surface area contributed by atoms with E-state index in [0.29, 0.717) is 6.54 Å². The largest absolute Gasteiger partial charge is 0.496 e. The lowest BCUT2D eigenvalue weighted by molar-refractivity contribution is -0.138. The third kappa shape index (κ3) is 6.05. The molecule has 1 aromatic carbocycles. The number of thioether (sulfide) groups is 1. The average molecular weight is 312 g/mol. The Hall–Kier alpha value is -1.73. The number of benzene rings is 1. The fourth-order valence-electron chi connectivity index (χ4n) is 1.82. The number of amides is 1. The van der Waals surface area contributed by atoms with Gasteiger partial charge in [-0.15, -0.1) is 11.8 Å². The van der Waals surface area contributed by atoms with Gasteiger partial charge in [-0.3, -0.25) is 14.5 Å². The highest BCUT2D eigenvalue weighted by Crippen LogP contribution is 2.28. The molecular formula is C14H20N2O4S. The van der Waals surface area contributed by atoms with Gasteiger partial charge in [0.2, 0.25) is 5.91 Å². The van der Waals surface area contributed by atoms with Crippen molar-refractivity contribution in [3.8, 4) is 5.75 Å². The molecule has 1 amide bonds. The zero-order valence-corrected chi connectivity index (χ0v) is 13.2. The standard InChI is InChI=1S/C14H20N2O4S/c1-16(9-13(17)15-7-14(18)19)8-10-4-5-12(21-3)11(6-10)20-2/h4-6H,7-9H2,1-3H3,(H,15,17)(H,18,19). The van der Waals surface area contributed by atoms with Gasteiger partial charge in [0.15, 0.2) is 0 Å². The summed E-state index contributed by atoms with van der Waals surface area (Å²) in [6.07, 6.45) is 1.98. The quantitative estimate of drug-likeness (QED) is 0.699. The summed E-state index contributed by atoms with van der Waals surface area (Å²) in [5, 5.41) is 10.8. The smallest absolute Gasteiger partial charge is 0.322 e. The number of hydrogen-bond acceptors (Lipinski definition) is 5. The van der Waals surface area contributed by atoms with Gasteiger partial charge in [0.1, 0.15) is 12.3 Å². The zero-order chi connectivity index (χ0) is 15.8. The molecule has 116 valence electrons. The number of hydrogen-bond donors (Lipinski definition) is 2. The Balaban J connectivity index is 2.56. The van der Waals surface area contributed by atoms with Crippen molar-refractivity contribution in [1.29, 1.82) is 0 Å². The lowest BCUT2D eigenvalue weighted by atomic mass is 10.2. The average Bonchev–Trinajstić information content (AvgIpc) is 2.44. The fourth-order valence-corrected chi connectivity index (χ4v) is 2.37. The second kappa shape index (κ2) is 8.53. The summed E-state index contributed by atoms with van der Waals surface area (Å²) in [5.74, 6) is -0.556. The topological polar surface area (TPSA) is 78.9 Å². The number of nitrogens with one attached hydrogen (secondary N) is 1. The van der Waals surface area contributed by atoms with Crippen LogP contribution in [-0.4, -0.2) is 55.4 Å². The molecule has 1 aromatic rings. The van der Waals surface area contributed by atoms with Crippen molar-refractivity contribution >= 4 is 23.6 Å². The first-order chi connectivity index (χ1) is 9.96. The van der Waals surface area contributed by atoms with E-state index in [4.69, 9.17) is 9.84 Å². The maximum atomic E-state index is 11.5. The Morgan fingerprint density at radius 2 is 2.14 bits per heavy atom. The molecule has 0 atom stereocenters. The van der Waals surface area contributed by atoms with Gasteiger partial charge >= 0.3 is 5.97 Å². The van der Waals surface area contributed by atoms with Gasteiger partial charge in [-0.1, -0.05) is 6.07 Å². The number of methoxy groups -OCH3 is 1. The predicted molar refractivity (Wildman–Crippen MR) is 81.8 cm³/mol. The van der Waals surface area contributed by atoms with Crippen LogP contribution in [0, 0.1) is 0 Å². The molecule has 0 radical (unpaired) electrons. The maximum Gasteiger partial charge on any atom is 0.322 e. The van der Waals surface area contributed by atoms with Gasteiger partial charge in [-0.05, 0) is 31.0 Å². The minimum absolute atomic E-state index is 0.139. The van der Waals surface area contributed by atoms with E-state index in [1.807, 2.05) is 29.4 Å². The number of rotatable bonds is 8. The van der Waals surface area contributed by atoms with Gasteiger partial charge < -0.3 is 15.2 Å². The van der Waals surface area contributed by atoms with Crippen molar-refractivity contribution < 1.29 is 19.4 Å². The highest BCUT2D eigenvalue weighted by molar-refractivity contribution is 7.98. The number of likely N-dealkylation sites (N-methyl/N-ethyl adjacent to an activating group) is 1. The summed E-state index contributed by atoms with van der Waals surface area (Å²) < 4.78 is 5.32. The molecule has 21 heavy (non-hydrogen) atoms. The molecule has 0 saturated heterocycles. The number of nitrogens with zero attached hydrogens (tertiary/aromatic N) is 1. The SMILES string of the molecule is COc1cc(CN(C)CC(=O)NCC(=O)O)ccc1SC. The molecule has 0 heterocycles. The maximum absolute atomic E-state index is 11.5. The Morgan fingerprint density at radius 1 is 1.43 bits per heavy atom. The Kier molecular flexibility index (Phi) is 7.04. The number of carbonyl (C=O) groups is 2. The fraction of sp³-hybridized carbons (Fsp3) is 0.429. The highest BCUT2D eigenvalue weighted by atomic mass is 32.2. The van der Waals surface area contributed by atoms with Crippen LogP contribution >= 0.6 is 11.8 Å². The minimum Gasteiger partial charge on any atom is -0.496 e. The van der Waals surface area contributed by atoms with Crippen molar-refractivity contribution in [2.75, 3.05) is 33.5 Å². The minimum atomic E-state index is -1.05. The highest BCUT2D eigenvalue weighted by Gasteiger charge is 2.10. The number of carboxylic acids is 1. The zero-order valence-electron chi connectivity index (χ0n) is 12.4. The first-order valence-electron chi connectivity index (χ1n) is 6.34. The van der Waals surface area contributed by atoms with Crippen molar-refractivity contribution in [2.45, 2.75) is 11.4 Å². The van der Waals surface area contributed by atoms with E-state index in [9.17, 15) is 9.59 Å². The molecule has 0 fully saturated rings. The van der Waals surface area contributed by atoms with Gasteiger partial charge in [-0.25, -0.2) is 0 Å². The molecular weight excluding hydrogens is 292 g/mol. The Bertz CT molecular complexity index is 508. The lowest BCUT2D eigenvalue weighted by Gasteiger charge is -2.17. The van der Waals surface area contributed by atoms with Crippen LogP contribution in [0.3, 0.4) is 0 Å². The van der Waals surface area contributed by atoms with E-state index in [0.717, 1.165) is 16.2 Å². The first-order valence-corrected chi connectivity index (χ1v) is 7.56. The van der Waals surface area contributed by atoms with E-state index in [-0.39, 0.29) is 19.0 Å². The van der Waals surface area contributed by atoms with Crippen LogP contribution in [0.5, 0.6) is 5.75 Å². The molecule has 0 aliphatic heterocycles. The monoisotopic (exact) mass is 312 g/mol. The molecule has 7 heteroatoms. The van der Waals surface area contributed by atoms with Crippen LogP contribution in [0.2, 0.25) is 0 Å². The molecule has 6 nitrogen and oxygen atoms in total. The third-order valence-corrected chi connectivity index (χ3v) is 3.53. The van der Waals surface area contributed by atoms with E-state index in [1.165, 1.54) is 0 Å². The Morgan fingerprint density at radius 3 is 2.71 bits per heavy atom. The van der Waals surface area contributed by atoms with E-state index in [1.54, 1.807) is 25.9 Å². The van der Waals surface area contributed by atoms with Crippen molar-refractivity contribution in [3.63, 3.8) is 0 Å². The first kappa shape index (κ1) is 17.3. The molecule has 0 saturated carbocycles. The molecule has 0 bridgehead atoms. The van der Waals surface area contributed by atoms with Crippen LogP contribution in [0.1, 0.15) is 5.56 Å². The summed E-state index contributed by atoms with van der Waals surface area (Å²) in [5.41, 5.74) is 1.03. The van der Waals surface area contributed by atoms with Gasteiger partial charge in [0, 0.05) is 11.4 Å². The van der Waals surface area contributed by atoms with E-state index in [2.05, 4.69) is 5.32 Å². The van der Waals surface area contributed by atoms with Crippen LogP contribution in [0.4, 0.5) is 0 Å². The summed E-state index contributed by atoms with van der Waals surface area (Å²) in [6, 6.07) is 5.91. The number of aliphatic carboxylic acids is 1. The molecule has 0 spiro atoms. The summed E-state index contributed by atoms with van der Waals surface area (Å²) >= 11 is 1.61. The van der Waals surface area contributed by atoms with Crippen LogP contribution < -0.4 is 10.1 Å².